The Kier molecular flexibility index (Phi) is 6.65. The second-order valence-corrected chi connectivity index (χ2v) is 7.24. The molecule has 0 radical (unpaired) electrons. The summed E-state index contributed by atoms with van der Waals surface area (Å²) in [7, 11) is -0.173. The van der Waals surface area contributed by atoms with Crippen molar-refractivity contribution in [1.29, 1.82) is 0 Å². The summed E-state index contributed by atoms with van der Waals surface area (Å²) in [6, 6.07) is 6.53. The van der Waals surface area contributed by atoms with Gasteiger partial charge in [0.1, 0.15) is 16.4 Å². The van der Waals surface area contributed by atoms with Gasteiger partial charge in [0.25, 0.3) is 10.0 Å². The Morgan fingerprint density at radius 1 is 1.07 bits per heavy atom. The minimum Gasteiger partial charge on any atom is -0.496 e. The zero-order chi connectivity index (χ0) is 20.9. The fourth-order valence-corrected chi connectivity index (χ4v) is 3.45. The molecule has 0 amide bonds. The van der Waals surface area contributed by atoms with E-state index in [1.165, 1.54) is 45.6 Å². The van der Waals surface area contributed by atoms with Crippen LogP contribution in [0, 0.1) is 10.1 Å². The molecule has 2 aromatic rings. The van der Waals surface area contributed by atoms with E-state index >= 15 is 0 Å². The highest BCUT2D eigenvalue weighted by Crippen LogP contribution is 2.33. The number of hydrogen-bond acceptors (Lipinski definition) is 8. The molecule has 28 heavy (non-hydrogen) atoms. The molecule has 0 unspecified atom stereocenters. The molecule has 10 nitrogen and oxygen atoms in total. The molecule has 0 saturated heterocycles. The van der Waals surface area contributed by atoms with Crippen molar-refractivity contribution < 1.29 is 27.6 Å². The maximum Gasteiger partial charge on any atom is 0.311 e. The summed E-state index contributed by atoms with van der Waals surface area (Å²) in [6.07, 6.45) is 1.07. The number of hydrogen-bond donors (Lipinski definition) is 1. The largest absolute Gasteiger partial charge is 0.496 e. The summed E-state index contributed by atoms with van der Waals surface area (Å²) in [4.78, 5) is 12.3. The number of nitrogens with zero attached hydrogens (tertiary/aromatic N) is 2. The van der Waals surface area contributed by atoms with Crippen molar-refractivity contribution in [2.75, 3.05) is 21.3 Å². The summed E-state index contributed by atoms with van der Waals surface area (Å²) in [5.74, 6) is 0.263. The van der Waals surface area contributed by atoms with Gasteiger partial charge in [-0.3, -0.25) is 10.1 Å². The van der Waals surface area contributed by atoms with E-state index in [1.807, 2.05) is 4.83 Å². The topological polar surface area (TPSA) is 129 Å². The number of benzene rings is 2. The van der Waals surface area contributed by atoms with Gasteiger partial charge in [0.05, 0.1) is 32.5 Å². The zero-order valence-electron chi connectivity index (χ0n) is 15.0. The molecule has 2 aromatic carbocycles. The molecule has 0 bridgehead atoms. The van der Waals surface area contributed by atoms with E-state index < -0.39 is 14.9 Å². The first kappa shape index (κ1) is 21.3. The maximum atomic E-state index is 12.5. The molecule has 0 spiro atoms. The molecule has 0 saturated carbocycles. The van der Waals surface area contributed by atoms with Crippen LogP contribution in [0.2, 0.25) is 5.02 Å². The summed E-state index contributed by atoms with van der Waals surface area (Å²) in [5.41, 5.74) is -0.167. The van der Waals surface area contributed by atoms with E-state index in [0.717, 1.165) is 12.3 Å². The van der Waals surface area contributed by atoms with Crippen LogP contribution in [-0.2, 0) is 10.0 Å². The lowest BCUT2D eigenvalue weighted by atomic mass is 10.1. The number of sulfonamides is 1. The molecule has 150 valence electrons. The zero-order valence-corrected chi connectivity index (χ0v) is 16.6. The standard InChI is InChI=1S/C16H16ClN3O7S/c1-25-13-5-4-11(17)7-16(13)28(23,24)19-18-9-10-6-12(20(21)22)15(27-3)8-14(10)26-2/h4-9,19H,1-3H3/b18-9+. The Morgan fingerprint density at radius 2 is 1.71 bits per heavy atom. The fourth-order valence-electron chi connectivity index (χ4n) is 2.22. The van der Waals surface area contributed by atoms with E-state index in [4.69, 9.17) is 25.8 Å². The van der Waals surface area contributed by atoms with E-state index in [9.17, 15) is 18.5 Å². The van der Waals surface area contributed by atoms with Crippen LogP contribution in [0.25, 0.3) is 0 Å². The Labute approximate surface area is 165 Å². The molecule has 0 aliphatic carbocycles. The Balaban J connectivity index is 2.37. The van der Waals surface area contributed by atoms with Crippen molar-refractivity contribution in [1.82, 2.24) is 4.83 Å². The number of nitro benzene ring substituents is 1. The highest BCUT2D eigenvalue weighted by Gasteiger charge is 2.21. The first-order valence-electron chi connectivity index (χ1n) is 7.52. The second-order valence-electron chi connectivity index (χ2n) is 5.17. The van der Waals surface area contributed by atoms with Crippen LogP contribution in [-0.4, -0.2) is 40.9 Å². The summed E-state index contributed by atoms with van der Waals surface area (Å²) < 4.78 is 40.0. The predicted octanol–water partition coefficient (Wildman–Crippen LogP) is 2.59. The van der Waals surface area contributed by atoms with Gasteiger partial charge in [-0.05, 0) is 18.2 Å². The molecule has 0 aliphatic rings. The molecule has 0 aromatic heterocycles. The SMILES string of the molecule is COc1cc(OC)c([N+](=O)[O-])cc1/C=N/NS(=O)(=O)c1cc(Cl)ccc1OC. The van der Waals surface area contributed by atoms with Gasteiger partial charge in [0.15, 0.2) is 0 Å². The number of halogens is 1. The molecule has 1 N–H and O–H groups in total. The van der Waals surface area contributed by atoms with Crippen LogP contribution in [0.4, 0.5) is 5.69 Å². The molecular weight excluding hydrogens is 414 g/mol. The molecule has 2 rings (SSSR count). The van der Waals surface area contributed by atoms with E-state index in [1.54, 1.807) is 0 Å². The molecule has 0 aliphatic heterocycles. The average Bonchev–Trinajstić information content (AvgIpc) is 2.67. The van der Waals surface area contributed by atoms with Crippen LogP contribution < -0.4 is 19.0 Å². The lowest BCUT2D eigenvalue weighted by Gasteiger charge is -2.10. The number of ether oxygens (including phenoxy) is 3. The van der Waals surface area contributed by atoms with Crippen LogP contribution in [0.3, 0.4) is 0 Å². The highest BCUT2D eigenvalue weighted by atomic mass is 35.5. The van der Waals surface area contributed by atoms with E-state index in [0.29, 0.717) is 0 Å². The van der Waals surface area contributed by atoms with Crippen molar-refractivity contribution in [3.63, 3.8) is 0 Å². The lowest BCUT2D eigenvalue weighted by Crippen LogP contribution is -2.19. The van der Waals surface area contributed by atoms with Gasteiger partial charge in [-0.15, -0.1) is 0 Å². The minimum atomic E-state index is -4.11. The van der Waals surface area contributed by atoms with Gasteiger partial charge in [0, 0.05) is 22.7 Å². The third kappa shape index (κ3) is 4.61. The van der Waals surface area contributed by atoms with Crippen molar-refractivity contribution in [2.24, 2.45) is 5.10 Å². The van der Waals surface area contributed by atoms with Gasteiger partial charge in [-0.2, -0.15) is 18.4 Å². The quantitative estimate of drug-likeness (QED) is 0.387. The van der Waals surface area contributed by atoms with E-state index in [2.05, 4.69) is 5.10 Å². The second kappa shape index (κ2) is 8.76. The molecular formula is C16H16ClN3O7S. The summed E-state index contributed by atoms with van der Waals surface area (Å²) in [6.45, 7) is 0. The number of methoxy groups -OCH3 is 3. The normalized spacial score (nSPS) is 11.3. The van der Waals surface area contributed by atoms with Crippen LogP contribution >= 0.6 is 11.6 Å². The van der Waals surface area contributed by atoms with E-state index in [-0.39, 0.29) is 38.4 Å². The number of nitrogens with one attached hydrogen (secondary N) is 1. The number of rotatable bonds is 8. The third-order valence-corrected chi connectivity index (χ3v) is 5.00. The Bertz CT molecular complexity index is 1030. The van der Waals surface area contributed by atoms with Gasteiger partial charge in [-0.25, -0.2) is 0 Å². The maximum absolute atomic E-state index is 12.5. The van der Waals surface area contributed by atoms with Crippen LogP contribution in [0.1, 0.15) is 5.56 Å². The van der Waals surface area contributed by atoms with Gasteiger partial charge >= 0.3 is 5.69 Å². The van der Waals surface area contributed by atoms with Gasteiger partial charge in [-0.1, -0.05) is 11.6 Å². The van der Waals surface area contributed by atoms with Crippen molar-refractivity contribution in [2.45, 2.75) is 4.90 Å². The smallest absolute Gasteiger partial charge is 0.311 e. The highest BCUT2D eigenvalue weighted by molar-refractivity contribution is 7.89. The molecule has 0 heterocycles. The average molecular weight is 430 g/mol. The van der Waals surface area contributed by atoms with Crippen molar-refractivity contribution in [3.05, 3.63) is 51.0 Å². The van der Waals surface area contributed by atoms with Crippen molar-refractivity contribution >= 4 is 33.5 Å². The fraction of sp³-hybridized carbons (Fsp3) is 0.188. The number of nitro groups is 1. The first-order valence-corrected chi connectivity index (χ1v) is 9.38. The van der Waals surface area contributed by atoms with Crippen LogP contribution in [0.5, 0.6) is 17.2 Å². The summed E-state index contributed by atoms with van der Waals surface area (Å²) in [5, 5.41) is 15.0. The third-order valence-electron chi connectivity index (χ3n) is 3.52. The van der Waals surface area contributed by atoms with Gasteiger partial charge < -0.3 is 14.2 Å². The lowest BCUT2D eigenvalue weighted by molar-refractivity contribution is -0.385. The molecule has 0 atom stereocenters. The van der Waals surface area contributed by atoms with Crippen LogP contribution in [0.15, 0.2) is 40.3 Å². The predicted molar refractivity (Wildman–Crippen MR) is 102 cm³/mol. The molecule has 0 fully saturated rings. The monoisotopic (exact) mass is 429 g/mol. The minimum absolute atomic E-state index is 0.0109. The first-order chi connectivity index (χ1) is 13.2. The Hall–Kier alpha value is -3.05. The van der Waals surface area contributed by atoms with Crippen molar-refractivity contribution in [3.8, 4) is 17.2 Å². The molecule has 12 heteroatoms. The number of hydrazone groups is 1. The van der Waals surface area contributed by atoms with Gasteiger partial charge in [0.2, 0.25) is 5.75 Å². The Morgan fingerprint density at radius 3 is 2.29 bits per heavy atom. The summed E-state index contributed by atoms with van der Waals surface area (Å²) >= 11 is 5.85.